The summed E-state index contributed by atoms with van der Waals surface area (Å²) in [4.78, 5) is 2.33. The van der Waals surface area contributed by atoms with Gasteiger partial charge in [-0.3, -0.25) is 4.57 Å². The van der Waals surface area contributed by atoms with E-state index < -0.39 is 0 Å². The van der Waals surface area contributed by atoms with E-state index in [-0.39, 0.29) is 0 Å². The molecule has 1 aliphatic carbocycles. The summed E-state index contributed by atoms with van der Waals surface area (Å²) in [6, 6.07) is 1.16. The van der Waals surface area contributed by atoms with Crippen LogP contribution in [0.1, 0.15) is 44.6 Å². The summed E-state index contributed by atoms with van der Waals surface area (Å²) >= 11 is 7.50. The normalized spacial score (nSPS) is 24.8. The van der Waals surface area contributed by atoms with Crippen LogP contribution in [0.3, 0.4) is 0 Å². The Kier molecular flexibility index (Phi) is 4.17. The number of nitrogens with zero attached hydrogens (tertiary/aromatic N) is 3. The first-order valence-corrected chi connectivity index (χ1v) is 8.81. The van der Waals surface area contributed by atoms with Gasteiger partial charge in [-0.25, -0.2) is 5.10 Å². The Morgan fingerprint density at radius 3 is 2.79 bits per heavy atom. The van der Waals surface area contributed by atoms with Gasteiger partial charge in [0.1, 0.15) is 0 Å². The van der Waals surface area contributed by atoms with Crippen LogP contribution in [0.2, 0.25) is 0 Å². The fourth-order valence-corrected chi connectivity index (χ4v) is 4.75. The van der Waals surface area contributed by atoms with Crippen LogP contribution in [-0.2, 0) is 0 Å². The van der Waals surface area contributed by atoms with Crippen LogP contribution >= 0.6 is 24.0 Å². The maximum Gasteiger partial charge on any atom is 0.226 e. The lowest BCUT2D eigenvalue weighted by Gasteiger charge is -2.29. The molecule has 1 unspecified atom stereocenters. The van der Waals surface area contributed by atoms with Crippen LogP contribution in [0.4, 0.5) is 5.95 Å². The molecule has 3 rings (SSSR count). The third-order valence-electron chi connectivity index (χ3n) is 4.39. The van der Waals surface area contributed by atoms with E-state index in [2.05, 4.69) is 26.7 Å². The van der Waals surface area contributed by atoms with Gasteiger partial charge in [0.2, 0.25) is 5.95 Å². The first-order valence-electron chi connectivity index (χ1n) is 7.25. The monoisotopic (exact) mass is 298 g/mol. The zero-order valence-corrected chi connectivity index (χ0v) is 13.1. The van der Waals surface area contributed by atoms with E-state index in [1.807, 2.05) is 11.8 Å². The summed E-state index contributed by atoms with van der Waals surface area (Å²) in [6.07, 6.45) is 7.75. The van der Waals surface area contributed by atoms with E-state index in [0.29, 0.717) is 12.1 Å². The number of H-pyrrole nitrogens is 1. The SMILES string of the molecule is CN(c1n[nH]c(=S)n1C1CCCCC1)C1CCSC1. The molecule has 4 nitrogen and oxygen atoms in total. The quantitative estimate of drug-likeness (QED) is 0.868. The second-order valence-corrected chi connectivity index (χ2v) is 7.16. The van der Waals surface area contributed by atoms with Crippen molar-refractivity contribution in [2.45, 2.75) is 50.6 Å². The summed E-state index contributed by atoms with van der Waals surface area (Å²) in [5.74, 6) is 3.52. The Morgan fingerprint density at radius 2 is 2.11 bits per heavy atom. The minimum atomic E-state index is 0.548. The number of hydrogen-bond donors (Lipinski definition) is 1. The first kappa shape index (κ1) is 13.5. The first-order chi connectivity index (χ1) is 9.27. The number of anilines is 1. The average Bonchev–Trinajstić information content (AvgIpc) is 3.08. The van der Waals surface area contributed by atoms with Crippen molar-refractivity contribution >= 4 is 29.9 Å². The Bertz CT molecular complexity index is 469. The van der Waals surface area contributed by atoms with Gasteiger partial charge in [0, 0.05) is 24.9 Å². The summed E-state index contributed by atoms with van der Waals surface area (Å²) in [5.41, 5.74) is 0. The van der Waals surface area contributed by atoms with Crippen LogP contribution in [0.5, 0.6) is 0 Å². The lowest BCUT2D eigenvalue weighted by atomic mass is 9.95. The molecule has 0 spiro atoms. The van der Waals surface area contributed by atoms with Gasteiger partial charge in [-0.1, -0.05) is 19.3 Å². The minimum absolute atomic E-state index is 0.548. The van der Waals surface area contributed by atoms with Gasteiger partial charge >= 0.3 is 0 Å². The smallest absolute Gasteiger partial charge is 0.226 e. The van der Waals surface area contributed by atoms with Gasteiger partial charge < -0.3 is 4.90 Å². The molecule has 0 bridgehead atoms. The van der Waals surface area contributed by atoms with E-state index in [0.717, 1.165) is 10.7 Å². The highest BCUT2D eigenvalue weighted by Gasteiger charge is 2.27. The van der Waals surface area contributed by atoms with E-state index >= 15 is 0 Å². The number of hydrogen-bond acceptors (Lipinski definition) is 4. The third kappa shape index (κ3) is 2.70. The highest BCUT2D eigenvalue weighted by molar-refractivity contribution is 7.99. The Morgan fingerprint density at radius 1 is 1.32 bits per heavy atom. The van der Waals surface area contributed by atoms with Crippen molar-refractivity contribution in [2.75, 3.05) is 23.5 Å². The molecular weight excluding hydrogens is 276 g/mol. The van der Waals surface area contributed by atoms with Crippen LogP contribution in [0, 0.1) is 4.77 Å². The van der Waals surface area contributed by atoms with Crippen molar-refractivity contribution in [1.82, 2.24) is 14.8 Å². The number of nitrogens with one attached hydrogen (secondary N) is 1. The topological polar surface area (TPSA) is 36.9 Å². The Balaban J connectivity index is 1.86. The molecule has 106 valence electrons. The highest BCUT2D eigenvalue weighted by atomic mass is 32.2. The van der Waals surface area contributed by atoms with Crippen molar-refractivity contribution in [3.05, 3.63) is 4.77 Å². The van der Waals surface area contributed by atoms with Crippen LogP contribution in [-0.4, -0.2) is 39.4 Å². The standard InChI is InChI=1S/C13H22N4S2/c1-16(11-7-8-19-9-11)12-14-15-13(18)17(12)10-5-3-2-4-6-10/h10-11H,2-9H2,1H3,(H,15,18). The van der Waals surface area contributed by atoms with Crippen LogP contribution in [0.15, 0.2) is 0 Å². The molecule has 2 heterocycles. The zero-order valence-electron chi connectivity index (χ0n) is 11.5. The van der Waals surface area contributed by atoms with Gasteiger partial charge in [0.05, 0.1) is 0 Å². The molecule has 1 aromatic heterocycles. The van der Waals surface area contributed by atoms with Gasteiger partial charge in [0.15, 0.2) is 4.77 Å². The molecule has 2 fully saturated rings. The van der Waals surface area contributed by atoms with Crippen LogP contribution in [0.25, 0.3) is 0 Å². The zero-order chi connectivity index (χ0) is 13.2. The molecule has 0 aromatic carbocycles. The number of rotatable bonds is 3. The second kappa shape index (κ2) is 5.87. The predicted molar refractivity (Wildman–Crippen MR) is 83.7 cm³/mol. The van der Waals surface area contributed by atoms with Crippen molar-refractivity contribution in [1.29, 1.82) is 0 Å². The molecule has 1 saturated heterocycles. The molecule has 1 atom stereocenters. The predicted octanol–water partition coefficient (Wildman–Crippen LogP) is 3.39. The molecule has 6 heteroatoms. The maximum absolute atomic E-state index is 5.46. The number of aromatic amines is 1. The maximum atomic E-state index is 5.46. The molecule has 19 heavy (non-hydrogen) atoms. The van der Waals surface area contributed by atoms with E-state index in [4.69, 9.17) is 12.2 Å². The minimum Gasteiger partial charge on any atom is -0.340 e. The molecule has 0 amide bonds. The molecule has 1 N–H and O–H groups in total. The lowest BCUT2D eigenvalue weighted by Crippen LogP contribution is -2.34. The molecule has 0 radical (unpaired) electrons. The number of aromatic nitrogens is 3. The molecule has 1 aliphatic heterocycles. The molecule has 1 saturated carbocycles. The van der Waals surface area contributed by atoms with Crippen molar-refractivity contribution in [2.24, 2.45) is 0 Å². The molecule has 1 aromatic rings. The summed E-state index contributed by atoms with van der Waals surface area (Å²) in [5, 5.41) is 7.50. The fraction of sp³-hybridized carbons (Fsp3) is 0.846. The van der Waals surface area contributed by atoms with Gasteiger partial charge in [-0.2, -0.15) is 11.8 Å². The molecular formula is C13H22N4S2. The van der Waals surface area contributed by atoms with E-state index in [1.54, 1.807) is 0 Å². The van der Waals surface area contributed by atoms with E-state index in [9.17, 15) is 0 Å². The largest absolute Gasteiger partial charge is 0.340 e. The summed E-state index contributed by atoms with van der Waals surface area (Å²) in [7, 11) is 2.17. The average molecular weight is 298 g/mol. The summed E-state index contributed by atoms with van der Waals surface area (Å²) in [6.45, 7) is 0. The summed E-state index contributed by atoms with van der Waals surface area (Å²) < 4.78 is 3.07. The van der Waals surface area contributed by atoms with Gasteiger partial charge in [-0.05, 0) is 37.2 Å². The fourth-order valence-electron chi connectivity index (χ4n) is 3.20. The van der Waals surface area contributed by atoms with Crippen LogP contribution < -0.4 is 4.90 Å². The van der Waals surface area contributed by atoms with Crippen molar-refractivity contribution in [3.8, 4) is 0 Å². The van der Waals surface area contributed by atoms with Crippen molar-refractivity contribution < 1.29 is 0 Å². The Labute approximate surface area is 124 Å². The van der Waals surface area contributed by atoms with Gasteiger partial charge in [-0.15, -0.1) is 5.10 Å². The molecule has 2 aliphatic rings. The highest BCUT2D eigenvalue weighted by Crippen LogP contribution is 2.32. The number of thioether (sulfide) groups is 1. The second-order valence-electron chi connectivity index (χ2n) is 5.62. The Hall–Kier alpha value is -0.490. The van der Waals surface area contributed by atoms with Gasteiger partial charge in [0.25, 0.3) is 0 Å². The van der Waals surface area contributed by atoms with E-state index in [1.165, 1.54) is 50.0 Å². The van der Waals surface area contributed by atoms with Crippen molar-refractivity contribution in [3.63, 3.8) is 0 Å². The third-order valence-corrected chi connectivity index (χ3v) is 5.83. The lowest BCUT2D eigenvalue weighted by molar-refractivity contribution is 0.349.